The van der Waals surface area contributed by atoms with Crippen LogP contribution in [0.5, 0.6) is 0 Å². The molecule has 4 heteroatoms. The van der Waals surface area contributed by atoms with E-state index in [0.717, 1.165) is 0 Å². The molecule has 0 amide bonds. The summed E-state index contributed by atoms with van der Waals surface area (Å²) in [4.78, 5) is 5.65. The van der Waals surface area contributed by atoms with Crippen LogP contribution in [0.3, 0.4) is 0 Å². The van der Waals surface area contributed by atoms with Crippen molar-refractivity contribution in [3.05, 3.63) is 0 Å². The molecule has 0 fully saturated rings. The largest absolute Gasteiger partial charge is 0.313 e. The molecule has 0 bridgehead atoms. The average Bonchev–Trinajstić information content (AvgIpc) is 2.82. The van der Waals surface area contributed by atoms with Gasteiger partial charge in [-0.15, -0.1) is 0 Å². The van der Waals surface area contributed by atoms with Crippen LogP contribution in [0.2, 0.25) is 0 Å². The van der Waals surface area contributed by atoms with Crippen LogP contribution < -0.4 is 10.6 Å². The Bertz CT molecular complexity index is 352. The summed E-state index contributed by atoms with van der Waals surface area (Å²) in [6.45, 7) is 16.4. The highest BCUT2D eigenvalue weighted by Gasteiger charge is 2.46. The van der Waals surface area contributed by atoms with Gasteiger partial charge in [0.25, 0.3) is 0 Å². The maximum atomic E-state index is 3.95. The Hall–Kier alpha value is -0.160. The molecule has 2 N–H and O–H groups in total. The summed E-state index contributed by atoms with van der Waals surface area (Å²) in [5.74, 6) is -0.104. The molecule has 0 saturated carbocycles. The number of hydrogen-bond acceptors (Lipinski definition) is 4. The highest BCUT2D eigenvalue weighted by Crippen LogP contribution is 2.28. The summed E-state index contributed by atoms with van der Waals surface area (Å²) >= 11 is 0. The predicted molar refractivity (Wildman–Crippen MR) is 145 cm³/mol. The number of unbranched alkanes of at least 4 members (excludes halogenated alkanes) is 9. The standard InChI is InChI=1S/C28H62N4/c1-8-13-18-19-20-21-22-27(29-6)28(30-7,31(23-14-9-2)24-15-10-3)32(25-16-11-4)26-17-12-5/h27,29-30H,8-26H2,1-7H3. The minimum Gasteiger partial charge on any atom is -0.313 e. The third-order valence-corrected chi connectivity index (χ3v) is 7.14. The molecule has 0 aliphatic rings. The van der Waals surface area contributed by atoms with Crippen LogP contribution in [0.1, 0.15) is 131 Å². The van der Waals surface area contributed by atoms with E-state index in [0.29, 0.717) is 6.04 Å². The molecule has 1 atom stereocenters. The second-order valence-electron chi connectivity index (χ2n) is 9.76. The van der Waals surface area contributed by atoms with E-state index in [-0.39, 0.29) is 5.79 Å². The fourth-order valence-corrected chi connectivity index (χ4v) is 5.11. The minimum absolute atomic E-state index is 0.104. The third kappa shape index (κ3) is 11.3. The molecule has 32 heavy (non-hydrogen) atoms. The fraction of sp³-hybridized carbons (Fsp3) is 1.00. The number of likely N-dealkylation sites (N-methyl/N-ethyl adjacent to an activating group) is 2. The SMILES string of the molecule is CCCCCCCCC(NC)C(NC)(N(CCCC)CCCC)N(CCCC)CCCC. The highest BCUT2D eigenvalue weighted by atomic mass is 15.5. The molecule has 0 aliphatic heterocycles. The monoisotopic (exact) mass is 454 g/mol. The van der Waals surface area contributed by atoms with Crippen molar-refractivity contribution in [1.29, 1.82) is 0 Å². The first-order chi connectivity index (χ1) is 15.6. The zero-order valence-electron chi connectivity index (χ0n) is 23.4. The maximum Gasteiger partial charge on any atom is 0.144 e. The van der Waals surface area contributed by atoms with E-state index in [1.807, 2.05) is 0 Å². The van der Waals surface area contributed by atoms with E-state index in [1.165, 1.54) is 122 Å². The van der Waals surface area contributed by atoms with E-state index < -0.39 is 0 Å². The zero-order chi connectivity index (χ0) is 24.1. The van der Waals surface area contributed by atoms with Crippen LogP contribution >= 0.6 is 0 Å². The van der Waals surface area contributed by atoms with E-state index in [4.69, 9.17) is 0 Å². The summed E-state index contributed by atoms with van der Waals surface area (Å²) in [6, 6.07) is 0.432. The normalized spacial score (nSPS) is 13.4. The van der Waals surface area contributed by atoms with Crippen LogP contribution in [-0.4, -0.2) is 61.9 Å². The molecule has 0 aliphatic carbocycles. The van der Waals surface area contributed by atoms with Gasteiger partial charge < -0.3 is 5.32 Å². The Kier molecular flexibility index (Phi) is 21.3. The fourth-order valence-electron chi connectivity index (χ4n) is 5.11. The first-order valence-corrected chi connectivity index (χ1v) is 14.5. The predicted octanol–water partition coefficient (Wildman–Crippen LogP) is 7.00. The van der Waals surface area contributed by atoms with Crippen molar-refractivity contribution in [2.24, 2.45) is 0 Å². The maximum absolute atomic E-state index is 3.95. The number of nitrogens with one attached hydrogen (secondary N) is 2. The van der Waals surface area contributed by atoms with Gasteiger partial charge in [0.2, 0.25) is 0 Å². The van der Waals surface area contributed by atoms with Crippen LogP contribution in [0.25, 0.3) is 0 Å². The Balaban J connectivity index is 5.89. The van der Waals surface area contributed by atoms with E-state index in [9.17, 15) is 0 Å². The minimum atomic E-state index is -0.104. The Morgan fingerprint density at radius 2 is 0.906 bits per heavy atom. The molecular formula is C28H62N4. The number of rotatable bonds is 24. The molecular weight excluding hydrogens is 392 g/mol. The molecule has 0 aromatic heterocycles. The quantitative estimate of drug-likeness (QED) is 0.121. The van der Waals surface area contributed by atoms with Gasteiger partial charge in [0.15, 0.2) is 0 Å². The molecule has 0 rings (SSSR count). The lowest BCUT2D eigenvalue weighted by atomic mass is 9.95. The second kappa shape index (κ2) is 21.4. The summed E-state index contributed by atoms with van der Waals surface area (Å²) in [5.41, 5.74) is 0. The van der Waals surface area contributed by atoms with Gasteiger partial charge in [-0.1, -0.05) is 98.8 Å². The van der Waals surface area contributed by atoms with Crippen LogP contribution in [0.15, 0.2) is 0 Å². The first-order valence-electron chi connectivity index (χ1n) is 14.5. The van der Waals surface area contributed by atoms with Gasteiger partial charge in [-0.3, -0.25) is 15.1 Å². The summed E-state index contributed by atoms with van der Waals surface area (Å²) in [5, 5.41) is 7.77. The summed E-state index contributed by atoms with van der Waals surface area (Å²) < 4.78 is 0. The van der Waals surface area contributed by atoms with Crippen LogP contribution in [-0.2, 0) is 0 Å². The van der Waals surface area contributed by atoms with E-state index in [1.54, 1.807) is 0 Å². The second-order valence-corrected chi connectivity index (χ2v) is 9.76. The molecule has 0 aromatic carbocycles. The van der Waals surface area contributed by atoms with Crippen molar-refractivity contribution in [3.8, 4) is 0 Å². The lowest BCUT2D eigenvalue weighted by molar-refractivity contribution is -0.110. The van der Waals surface area contributed by atoms with Gasteiger partial charge in [-0.05, 0) is 46.2 Å². The van der Waals surface area contributed by atoms with Gasteiger partial charge in [-0.2, -0.15) is 0 Å². The summed E-state index contributed by atoms with van der Waals surface area (Å²) in [7, 11) is 4.42. The van der Waals surface area contributed by atoms with Crippen molar-refractivity contribution in [3.63, 3.8) is 0 Å². The molecule has 0 aromatic rings. The Labute approximate surface area is 203 Å². The van der Waals surface area contributed by atoms with Gasteiger partial charge in [0, 0.05) is 26.2 Å². The first kappa shape index (κ1) is 31.8. The summed E-state index contributed by atoms with van der Waals surface area (Å²) in [6.07, 6.45) is 19.6. The third-order valence-electron chi connectivity index (χ3n) is 7.14. The van der Waals surface area contributed by atoms with Gasteiger partial charge >= 0.3 is 0 Å². The van der Waals surface area contributed by atoms with Crippen molar-refractivity contribution >= 4 is 0 Å². The van der Waals surface area contributed by atoms with Crippen molar-refractivity contribution in [1.82, 2.24) is 20.4 Å². The molecule has 0 spiro atoms. The van der Waals surface area contributed by atoms with Crippen molar-refractivity contribution in [2.45, 2.75) is 143 Å². The van der Waals surface area contributed by atoms with E-state index >= 15 is 0 Å². The molecule has 194 valence electrons. The Morgan fingerprint density at radius 3 is 1.25 bits per heavy atom. The van der Waals surface area contributed by atoms with Crippen LogP contribution in [0, 0.1) is 0 Å². The molecule has 0 saturated heterocycles. The van der Waals surface area contributed by atoms with E-state index in [2.05, 4.69) is 69.1 Å². The smallest absolute Gasteiger partial charge is 0.144 e. The number of nitrogens with zero attached hydrogens (tertiary/aromatic N) is 2. The highest BCUT2D eigenvalue weighted by molar-refractivity contribution is 4.97. The van der Waals surface area contributed by atoms with Gasteiger partial charge in [0.05, 0.1) is 6.04 Å². The lowest BCUT2D eigenvalue weighted by Crippen LogP contribution is -2.76. The van der Waals surface area contributed by atoms with Gasteiger partial charge in [0.1, 0.15) is 5.79 Å². The van der Waals surface area contributed by atoms with Crippen molar-refractivity contribution < 1.29 is 0 Å². The van der Waals surface area contributed by atoms with Crippen LogP contribution in [0.4, 0.5) is 0 Å². The number of hydrogen-bond donors (Lipinski definition) is 2. The van der Waals surface area contributed by atoms with Gasteiger partial charge in [-0.25, -0.2) is 0 Å². The van der Waals surface area contributed by atoms with Crippen molar-refractivity contribution in [2.75, 3.05) is 40.3 Å². The molecule has 4 nitrogen and oxygen atoms in total. The average molecular weight is 455 g/mol. The Morgan fingerprint density at radius 1 is 0.531 bits per heavy atom. The molecule has 0 radical (unpaired) electrons. The topological polar surface area (TPSA) is 30.5 Å². The molecule has 1 unspecified atom stereocenters. The lowest BCUT2D eigenvalue weighted by Gasteiger charge is -2.55. The molecule has 0 heterocycles. The zero-order valence-corrected chi connectivity index (χ0v) is 23.4.